The number of nitrogens with one attached hydrogen (secondary N) is 2. The first kappa shape index (κ1) is 24.8. The van der Waals surface area contributed by atoms with E-state index in [1.165, 1.54) is 35.2 Å². The molecule has 1 atom stereocenters. The smallest absolute Gasteiger partial charge is 0.265 e. The normalized spacial score (nSPS) is 18.4. The van der Waals surface area contributed by atoms with Gasteiger partial charge in [-0.3, -0.25) is 14.8 Å². The number of anilines is 1. The first-order chi connectivity index (χ1) is 17.1. The molecule has 0 bridgehead atoms. The minimum atomic E-state index is -4.07. The topological polar surface area (TPSA) is 129 Å². The van der Waals surface area contributed by atoms with Crippen LogP contribution < -0.4 is 10.8 Å². The summed E-state index contributed by atoms with van der Waals surface area (Å²) in [5.74, 6) is -0.487. The van der Waals surface area contributed by atoms with Gasteiger partial charge in [0.25, 0.3) is 11.8 Å². The summed E-state index contributed by atoms with van der Waals surface area (Å²) in [7, 11) is -4.07. The summed E-state index contributed by atoms with van der Waals surface area (Å²) in [5.41, 5.74) is 3.16. The Bertz CT molecular complexity index is 1580. The Kier molecular flexibility index (Phi) is 6.33. The number of carbonyl (C=O) groups excluding carboxylic acids is 2. The molecule has 0 radical (unpaired) electrons. The second-order valence-corrected chi connectivity index (χ2v) is 13.4. The number of nitrogens with zero attached hydrogens (tertiary/aromatic N) is 1. The highest BCUT2D eigenvalue weighted by atomic mass is 32.2. The van der Waals surface area contributed by atoms with Gasteiger partial charge in [-0.2, -0.15) is 16.1 Å². The van der Waals surface area contributed by atoms with E-state index in [0.717, 1.165) is 4.31 Å². The Morgan fingerprint density at radius 2 is 1.92 bits per heavy atom. The minimum absolute atomic E-state index is 0.0196. The number of amides is 2. The van der Waals surface area contributed by atoms with E-state index in [-0.39, 0.29) is 17.3 Å². The average molecular weight is 546 g/mol. The van der Waals surface area contributed by atoms with Gasteiger partial charge < -0.3 is 9.73 Å². The van der Waals surface area contributed by atoms with E-state index in [2.05, 4.69) is 5.32 Å². The van der Waals surface area contributed by atoms with Crippen molar-refractivity contribution >= 4 is 72.6 Å². The molecule has 4 aromatic rings. The van der Waals surface area contributed by atoms with Crippen molar-refractivity contribution in [1.82, 2.24) is 9.79 Å². The van der Waals surface area contributed by atoms with Crippen molar-refractivity contribution in [2.45, 2.75) is 29.5 Å². The van der Waals surface area contributed by atoms with Crippen molar-refractivity contribution in [2.75, 3.05) is 17.6 Å². The summed E-state index contributed by atoms with van der Waals surface area (Å²) in [6.45, 7) is 3.69. The Labute approximate surface area is 215 Å². The molecule has 1 aliphatic heterocycles. The maximum atomic E-state index is 13.7. The van der Waals surface area contributed by atoms with Crippen molar-refractivity contribution in [1.29, 1.82) is 0 Å². The molecule has 9 nitrogen and oxygen atoms in total. The molecule has 1 saturated heterocycles. The molecule has 0 spiro atoms. The number of hydroxylamine groups is 1. The lowest BCUT2D eigenvalue weighted by Crippen LogP contribution is -2.61. The second-order valence-electron chi connectivity index (χ2n) is 8.85. The molecule has 0 unspecified atom stereocenters. The molecule has 3 N–H and O–H groups in total. The van der Waals surface area contributed by atoms with Crippen molar-refractivity contribution < 1.29 is 27.6 Å². The Morgan fingerprint density at radius 1 is 1.11 bits per heavy atom. The van der Waals surface area contributed by atoms with Gasteiger partial charge >= 0.3 is 0 Å². The van der Waals surface area contributed by atoms with E-state index in [0.29, 0.717) is 38.3 Å². The first-order valence-electron chi connectivity index (χ1n) is 11.0. The highest BCUT2D eigenvalue weighted by Gasteiger charge is 2.48. The van der Waals surface area contributed by atoms with Gasteiger partial charge in [0.05, 0.1) is 9.77 Å². The van der Waals surface area contributed by atoms with Gasteiger partial charge in [-0.15, -0.1) is 11.3 Å². The zero-order chi connectivity index (χ0) is 25.7. The number of thioether (sulfide) groups is 1. The highest BCUT2D eigenvalue weighted by Crippen LogP contribution is 2.39. The molecular weight excluding hydrogens is 522 g/mol. The van der Waals surface area contributed by atoms with Gasteiger partial charge in [0.1, 0.15) is 17.2 Å². The lowest BCUT2D eigenvalue weighted by Gasteiger charge is -2.43. The van der Waals surface area contributed by atoms with Crippen LogP contribution in [0.1, 0.15) is 23.5 Å². The number of hydrogen-bond acceptors (Lipinski definition) is 8. The number of sulfonamides is 1. The predicted octanol–water partition coefficient (Wildman–Crippen LogP) is 4.29. The quantitative estimate of drug-likeness (QED) is 0.252. The number of furan rings is 1. The van der Waals surface area contributed by atoms with Crippen LogP contribution in [0.15, 0.2) is 63.2 Å². The van der Waals surface area contributed by atoms with Crippen molar-refractivity contribution in [3.8, 4) is 0 Å². The van der Waals surface area contributed by atoms with E-state index >= 15 is 0 Å². The summed E-state index contributed by atoms with van der Waals surface area (Å²) >= 11 is 2.81. The van der Waals surface area contributed by atoms with Crippen LogP contribution in [0, 0.1) is 0 Å². The maximum absolute atomic E-state index is 13.7. The number of carbonyl (C=O) groups is 2. The van der Waals surface area contributed by atoms with Crippen LogP contribution >= 0.6 is 23.1 Å². The van der Waals surface area contributed by atoms with E-state index in [4.69, 9.17) is 4.42 Å². The number of fused-ring (bicyclic) bond motifs is 3. The fourth-order valence-corrected chi connectivity index (χ4v) is 8.20. The lowest BCUT2D eigenvalue weighted by molar-refractivity contribution is -0.134. The third-order valence-electron chi connectivity index (χ3n) is 6.14. The molecule has 2 aromatic carbocycles. The fraction of sp³-hybridized carbons (Fsp3) is 0.250. The van der Waals surface area contributed by atoms with Crippen LogP contribution in [-0.4, -0.2) is 52.8 Å². The van der Waals surface area contributed by atoms with Gasteiger partial charge in [0.2, 0.25) is 10.0 Å². The molecule has 36 heavy (non-hydrogen) atoms. The summed E-state index contributed by atoms with van der Waals surface area (Å²) in [4.78, 5) is 25.5. The Balaban J connectivity index is 1.51. The molecule has 0 saturated carbocycles. The third-order valence-corrected chi connectivity index (χ3v) is 10.2. The summed E-state index contributed by atoms with van der Waals surface area (Å²) in [6, 6.07) is 12.2. The van der Waals surface area contributed by atoms with Crippen LogP contribution in [0.5, 0.6) is 0 Å². The largest absolute Gasteiger partial charge is 0.456 e. The van der Waals surface area contributed by atoms with Crippen LogP contribution in [0.3, 0.4) is 0 Å². The number of benzene rings is 2. The van der Waals surface area contributed by atoms with E-state index in [9.17, 15) is 23.2 Å². The SMILES string of the molecule is CC1(C)SCCN(S(=O)(=O)c2ccc3oc4cc(NC(=O)c5cccs5)ccc4c3c2)[C@H]1C(=O)NO. The Hall–Kier alpha value is -2.90. The third kappa shape index (κ3) is 4.28. The van der Waals surface area contributed by atoms with E-state index < -0.39 is 26.7 Å². The summed E-state index contributed by atoms with van der Waals surface area (Å²) in [5, 5.41) is 15.2. The Morgan fingerprint density at radius 3 is 2.64 bits per heavy atom. The number of hydrogen-bond donors (Lipinski definition) is 3. The molecule has 2 amide bonds. The molecule has 2 aromatic heterocycles. The first-order valence-corrected chi connectivity index (χ1v) is 14.3. The number of thiophene rings is 1. The van der Waals surface area contributed by atoms with Crippen LogP contribution in [0.4, 0.5) is 5.69 Å². The van der Waals surface area contributed by atoms with E-state index in [1.807, 2.05) is 5.38 Å². The van der Waals surface area contributed by atoms with Crippen molar-refractivity contribution in [3.05, 3.63) is 58.8 Å². The van der Waals surface area contributed by atoms with Crippen LogP contribution in [0.2, 0.25) is 0 Å². The zero-order valence-electron chi connectivity index (χ0n) is 19.3. The van der Waals surface area contributed by atoms with E-state index in [1.54, 1.807) is 55.7 Å². The standard InChI is InChI=1S/C24H23N3O6S3/c1-24(2)21(23(29)26-30)27(9-11-35-24)36(31,32)15-6-8-18-17(13-15)16-7-5-14(12-19(16)33-18)25-22(28)20-4-3-10-34-20/h3-8,10,12-13,21,30H,9,11H2,1-2H3,(H,25,28)(H,26,29)/t21-/m0/s1. The van der Waals surface area contributed by atoms with Crippen LogP contribution in [0.25, 0.3) is 21.9 Å². The molecule has 3 heterocycles. The lowest BCUT2D eigenvalue weighted by atomic mass is 10.0. The van der Waals surface area contributed by atoms with Gasteiger partial charge in [0.15, 0.2) is 0 Å². The van der Waals surface area contributed by atoms with Crippen molar-refractivity contribution in [3.63, 3.8) is 0 Å². The van der Waals surface area contributed by atoms with Gasteiger partial charge in [-0.25, -0.2) is 13.9 Å². The monoisotopic (exact) mass is 545 g/mol. The molecule has 1 fully saturated rings. The van der Waals surface area contributed by atoms with Gasteiger partial charge in [0, 0.05) is 39.6 Å². The van der Waals surface area contributed by atoms with Gasteiger partial charge in [-0.05, 0) is 55.6 Å². The zero-order valence-corrected chi connectivity index (χ0v) is 21.8. The molecule has 188 valence electrons. The number of rotatable bonds is 5. The fourth-order valence-electron chi connectivity index (χ4n) is 4.45. The molecule has 12 heteroatoms. The molecular formula is C24H23N3O6S3. The molecule has 1 aliphatic rings. The van der Waals surface area contributed by atoms with Crippen LogP contribution in [-0.2, 0) is 14.8 Å². The molecule has 0 aliphatic carbocycles. The highest BCUT2D eigenvalue weighted by molar-refractivity contribution is 8.01. The van der Waals surface area contributed by atoms with Gasteiger partial charge in [-0.1, -0.05) is 6.07 Å². The minimum Gasteiger partial charge on any atom is -0.456 e. The van der Waals surface area contributed by atoms with Crippen molar-refractivity contribution in [2.24, 2.45) is 0 Å². The molecule has 5 rings (SSSR count). The maximum Gasteiger partial charge on any atom is 0.265 e. The predicted molar refractivity (Wildman–Crippen MR) is 140 cm³/mol. The summed E-state index contributed by atoms with van der Waals surface area (Å²) in [6.07, 6.45) is 0. The average Bonchev–Trinajstić information content (AvgIpc) is 3.50. The second kappa shape index (κ2) is 9.20. The summed E-state index contributed by atoms with van der Waals surface area (Å²) < 4.78 is 33.7.